The molecule has 0 aliphatic carbocycles. The molecule has 0 spiro atoms. The lowest BCUT2D eigenvalue weighted by atomic mass is 10.4. The average Bonchev–Trinajstić information content (AvgIpc) is 3.04. The second kappa shape index (κ2) is 5.41. The van der Waals surface area contributed by atoms with Crippen molar-refractivity contribution in [2.45, 2.75) is 24.5 Å². The molecule has 1 unspecified atom stereocenters. The maximum Gasteiger partial charge on any atom is 0.260 e. The second-order valence-electron chi connectivity index (χ2n) is 4.51. The second-order valence-corrected chi connectivity index (χ2v) is 7.37. The van der Waals surface area contributed by atoms with Crippen molar-refractivity contribution in [3.8, 4) is 0 Å². The van der Waals surface area contributed by atoms with Crippen LogP contribution in [0.5, 0.6) is 0 Å². The van der Waals surface area contributed by atoms with Crippen LogP contribution in [0.3, 0.4) is 0 Å². The normalized spacial score (nSPS) is 13.8. The van der Waals surface area contributed by atoms with Gasteiger partial charge in [0.05, 0.1) is 6.54 Å². The van der Waals surface area contributed by atoms with Gasteiger partial charge in [-0.05, 0) is 13.0 Å². The molecule has 21 heavy (non-hydrogen) atoms. The molecule has 3 aromatic heterocycles. The Balaban J connectivity index is 1.86. The van der Waals surface area contributed by atoms with Gasteiger partial charge in [-0.1, -0.05) is 11.6 Å². The fourth-order valence-electron chi connectivity index (χ4n) is 2.03. The molecular formula is C11H12ClN5O2S2. The van der Waals surface area contributed by atoms with E-state index >= 15 is 0 Å². The number of hydrogen-bond donors (Lipinski definition) is 1. The molecular weight excluding hydrogens is 334 g/mol. The van der Waals surface area contributed by atoms with Crippen LogP contribution in [0, 0.1) is 0 Å². The number of rotatable bonds is 5. The molecule has 112 valence electrons. The van der Waals surface area contributed by atoms with E-state index in [4.69, 9.17) is 11.6 Å². The lowest BCUT2D eigenvalue weighted by Gasteiger charge is -2.14. The van der Waals surface area contributed by atoms with Crippen LogP contribution in [-0.4, -0.2) is 33.6 Å². The summed E-state index contributed by atoms with van der Waals surface area (Å²) >= 11 is 7.28. The van der Waals surface area contributed by atoms with Gasteiger partial charge in [-0.2, -0.15) is 5.10 Å². The largest absolute Gasteiger partial charge is 0.279 e. The van der Waals surface area contributed by atoms with Crippen LogP contribution in [0.15, 0.2) is 35.1 Å². The first-order valence-electron chi connectivity index (χ1n) is 6.08. The van der Waals surface area contributed by atoms with Crippen LogP contribution >= 0.6 is 22.9 Å². The number of halogens is 1. The monoisotopic (exact) mass is 345 g/mol. The van der Waals surface area contributed by atoms with E-state index in [0.717, 1.165) is 0 Å². The average molecular weight is 346 g/mol. The molecule has 0 aromatic carbocycles. The van der Waals surface area contributed by atoms with Crippen molar-refractivity contribution >= 4 is 37.9 Å². The van der Waals surface area contributed by atoms with Gasteiger partial charge >= 0.3 is 0 Å². The fourth-order valence-corrected chi connectivity index (χ4v) is 4.71. The summed E-state index contributed by atoms with van der Waals surface area (Å²) in [4.78, 5) is 4.57. The SMILES string of the molecule is CC(Cn1cccn1)NS(=O)(=O)c1c(Cl)nc2sccn12. The number of hydrogen-bond acceptors (Lipinski definition) is 5. The van der Waals surface area contributed by atoms with Crippen LogP contribution in [0.4, 0.5) is 0 Å². The van der Waals surface area contributed by atoms with Gasteiger partial charge in [0.1, 0.15) is 0 Å². The summed E-state index contributed by atoms with van der Waals surface area (Å²) in [5.74, 6) is 0. The number of aromatic nitrogens is 4. The van der Waals surface area contributed by atoms with Gasteiger partial charge in [-0.15, -0.1) is 11.3 Å². The number of fused-ring (bicyclic) bond motifs is 1. The van der Waals surface area contributed by atoms with E-state index in [0.29, 0.717) is 11.5 Å². The Hall–Kier alpha value is -1.42. The maximum atomic E-state index is 12.5. The lowest BCUT2D eigenvalue weighted by molar-refractivity contribution is 0.492. The smallest absolute Gasteiger partial charge is 0.260 e. The molecule has 0 bridgehead atoms. The van der Waals surface area contributed by atoms with Crippen LogP contribution in [0.25, 0.3) is 4.96 Å². The minimum Gasteiger partial charge on any atom is -0.279 e. The fraction of sp³-hybridized carbons (Fsp3) is 0.273. The van der Waals surface area contributed by atoms with Crippen LogP contribution in [0.2, 0.25) is 5.15 Å². The van der Waals surface area contributed by atoms with E-state index < -0.39 is 10.0 Å². The standard InChI is InChI=1S/C11H12ClN5O2S2/c1-8(7-16-4-2-3-13-16)15-21(18,19)10-9(12)14-11-17(10)5-6-20-11/h2-6,8,15H,7H2,1H3. The van der Waals surface area contributed by atoms with Gasteiger partial charge in [0.2, 0.25) is 0 Å². The number of nitrogens with zero attached hydrogens (tertiary/aromatic N) is 4. The molecule has 1 N–H and O–H groups in total. The molecule has 0 amide bonds. The first-order valence-corrected chi connectivity index (χ1v) is 8.82. The van der Waals surface area contributed by atoms with Crippen molar-refractivity contribution in [2.75, 3.05) is 0 Å². The van der Waals surface area contributed by atoms with Gasteiger partial charge in [-0.3, -0.25) is 9.08 Å². The Labute approximate surface area is 130 Å². The Kier molecular flexibility index (Phi) is 3.74. The first kappa shape index (κ1) is 14.5. The summed E-state index contributed by atoms with van der Waals surface area (Å²) < 4.78 is 30.7. The summed E-state index contributed by atoms with van der Waals surface area (Å²) in [6, 6.07) is 1.44. The minimum atomic E-state index is -3.76. The Morgan fingerprint density at radius 3 is 3.00 bits per heavy atom. The van der Waals surface area contributed by atoms with Crippen molar-refractivity contribution in [1.82, 2.24) is 23.9 Å². The van der Waals surface area contributed by atoms with Crippen LogP contribution in [-0.2, 0) is 16.6 Å². The predicted molar refractivity (Wildman–Crippen MR) is 80.1 cm³/mol. The molecule has 0 aliphatic rings. The molecule has 0 radical (unpaired) electrons. The van der Waals surface area contributed by atoms with Crippen molar-refractivity contribution in [1.29, 1.82) is 0 Å². The van der Waals surface area contributed by atoms with Gasteiger partial charge in [0.25, 0.3) is 10.0 Å². The Morgan fingerprint density at radius 1 is 1.48 bits per heavy atom. The third-order valence-electron chi connectivity index (χ3n) is 2.81. The maximum absolute atomic E-state index is 12.5. The lowest BCUT2D eigenvalue weighted by Crippen LogP contribution is -2.36. The van der Waals surface area contributed by atoms with Crippen molar-refractivity contribution in [2.24, 2.45) is 0 Å². The number of sulfonamides is 1. The number of nitrogens with one attached hydrogen (secondary N) is 1. The van der Waals surface area contributed by atoms with E-state index in [1.54, 1.807) is 41.6 Å². The molecule has 0 aliphatic heterocycles. The highest BCUT2D eigenvalue weighted by Gasteiger charge is 2.26. The molecule has 0 saturated carbocycles. The van der Waals surface area contributed by atoms with Gasteiger partial charge in [0.15, 0.2) is 15.1 Å². The highest BCUT2D eigenvalue weighted by atomic mass is 35.5. The quantitative estimate of drug-likeness (QED) is 0.761. The zero-order valence-corrected chi connectivity index (χ0v) is 13.4. The highest BCUT2D eigenvalue weighted by Crippen LogP contribution is 2.25. The van der Waals surface area contributed by atoms with E-state index in [-0.39, 0.29) is 16.2 Å². The molecule has 1 atom stereocenters. The Morgan fingerprint density at radius 2 is 2.29 bits per heavy atom. The molecule has 3 rings (SSSR count). The molecule has 0 saturated heterocycles. The van der Waals surface area contributed by atoms with Crippen molar-refractivity contribution in [3.63, 3.8) is 0 Å². The van der Waals surface area contributed by atoms with Gasteiger partial charge in [0, 0.05) is 30.0 Å². The number of thiazole rings is 1. The van der Waals surface area contributed by atoms with Crippen LogP contribution in [0.1, 0.15) is 6.92 Å². The highest BCUT2D eigenvalue weighted by molar-refractivity contribution is 7.89. The summed E-state index contributed by atoms with van der Waals surface area (Å²) in [7, 11) is -3.76. The van der Waals surface area contributed by atoms with E-state index in [2.05, 4.69) is 14.8 Å². The van der Waals surface area contributed by atoms with E-state index in [1.165, 1.54) is 15.7 Å². The predicted octanol–water partition coefficient (Wildman–Crippen LogP) is 1.61. The Bertz CT molecular complexity index is 853. The van der Waals surface area contributed by atoms with E-state index in [1.807, 2.05) is 0 Å². The first-order chi connectivity index (χ1) is 9.97. The zero-order valence-electron chi connectivity index (χ0n) is 11.0. The molecule has 3 aromatic rings. The van der Waals surface area contributed by atoms with Gasteiger partial charge < -0.3 is 0 Å². The summed E-state index contributed by atoms with van der Waals surface area (Å²) in [5.41, 5.74) is 0. The van der Waals surface area contributed by atoms with Crippen LogP contribution < -0.4 is 4.72 Å². The molecule has 7 nitrogen and oxygen atoms in total. The van der Waals surface area contributed by atoms with E-state index in [9.17, 15) is 8.42 Å². The topological polar surface area (TPSA) is 81.3 Å². The van der Waals surface area contributed by atoms with Crippen molar-refractivity contribution < 1.29 is 8.42 Å². The third-order valence-corrected chi connectivity index (χ3v) is 5.55. The summed E-state index contributed by atoms with van der Waals surface area (Å²) in [5, 5.41) is 5.74. The third kappa shape index (κ3) is 2.82. The molecule has 0 fully saturated rings. The molecule has 10 heteroatoms. The van der Waals surface area contributed by atoms with Crippen molar-refractivity contribution in [3.05, 3.63) is 35.2 Å². The van der Waals surface area contributed by atoms with Gasteiger partial charge in [-0.25, -0.2) is 18.1 Å². The molecule has 3 heterocycles. The summed E-state index contributed by atoms with van der Waals surface area (Å²) in [6.07, 6.45) is 5.04. The zero-order chi connectivity index (χ0) is 15.0. The summed E-state index contributed by atoms with van der Waals surface area (Å²) in [6.45, 7) is 2.19. The minimum absolute atomic E-state index is 0.0272. The number of imidazole rings is 1.